The van der Waals surface area contributed by atoms with E-state index in [0.29, 0.717) is 5.75 Å². The molecule has 0 heterocycles. The second kappa shape index (κ2) is 18.6. The Kier molecular flexibility index (Phi) is 17.3. The normalized spacial score (nSPS) is 12.3. The van der Waals surface area contributed by atoms with Crippen molar-refractivity contribution in [2.75, 3.05) is 31.7 Å². The maximum Gasteiger partial charge on any atom is 0.186 e. The summed E-state index contributed by atoms with van der Waals surface area (Å²) < 4.78 is 12.4. The van der Waals surface area contributed by atoms with Crippen LogP contribution in [0.1, 0.15) is 105 Å². The zero-order chi connectivity index (χ0) is 26.0. The van der Waals surface area contributed by atoms with Crippen LogP contribution in [0.25, 0.3) is 0 Å². The quantitative estimate of drug-likeness (QED) is 0.0931. The summed E-state index contributed by atoms with van der Waals surface area (Å²) in [5, 5.41) is 11.8. The second-order valence-electron chi connectivity index (χ2n) is 10.9. The molecule has 0 saturated carbocycles. The van der Waals surface area contributed by atoms with Crippen molar-refractivity contribution in [2.24, 2.45) is 0 Å². The van der Waals surface area contributed by atoms with Gasteiger partial charge < -0.3 is 14.3 Å². The Morgan fingerprint density at radius 1 is 0.743 bits per heavy atom. The first kappa shape index (κ1) is 32.5. The number of aromatic hydroxyl groups is 1. The molecule has 0 aromatic heterocycles. The Morgan fingerprint density at radius 2 is 1.29 bits per heavy atom. The summed E-state index contributed by atoms with van der Waals surface area (Å²) in [6.45, 7) is 15.4. The third-order valence-corrected chi connectivity index (χ3v) is 14.8. The standard InChI is InChI=1S/C30H57O3PSi/c1-7-11-23-34(24-12-8-2,25-13-9-3)30-27-28(31)20-21-29(30)32-22-18-16-14-15-17-19-26-35(5,6)33-10-4/h20-21,27H,7-19,22-26H2,1-6H3/p+1. The predicted octanol–water partition coefficient (Wildman–Crippen LogP) is 9.40. The van der Waals surface area contributed by atoms with Crippen LogP contribution in [0.15, 0.2) is 18.2 Å². The van der Waals surface area contributed by atoms with Gasteiger partial charge in [-0.1, -0.05) is 72.1 Å². The highest BCUT2D eigenvalue weighted by molar-refractivity contribution is 7.83. The lowest BCUT2D eigenvalue weighted by molar-refractivity contribution is 0.306. The fourth-order valence-electron chi connectivity index (χ4n) is 5.08. The van der Waals surface area contributed by atoms with Crippen molar-refractivity contribution in [3.05, 3.63) is 18.2 Å². The van der Waals surface area contributed by atoms with Crippen molar-refractivity contribution in [1.29, 1.82) is 0 Å². The molecule has 0 saturated heterocycles. The summed E-state index contributed by atoms with van der Waals surface area (Å²) in [5.74, 6) is 1.46. The van der Waals surface area contributed by atoms with Crippen LogP contribution in [0.5, 0.6) is 11.5 Å². The van der Waals surface area contributed by atoms with E-state index in [1.807, 2.05) is 12.1 Å². The number of unbranched alkanes of at least 4 members (excludes halogenated alkanes) is 8. The summed E-state index contributed by atoms with van der Waals surface area (Å²) in [5.41, 5.74) is 0. The molecule has 1 aromatic rings. The molecule has 0 spiro atoms. The third kappa shape index (κ3) is 13.0. The number of hydrogen-bond acceptors (Lipinski definition) is 3. The summed E-state index contributed by atoms with van der Waals surface area (Å²) in [4.78, 5) is 0. The number of rotatable bonds is 22. The summed E-state index contributed by atoms with van der Waals surface area (Å²) in [7, 11) is -2.76. The first-order valence-corrected chi connectivity index (χ1v) is 20.3. The van der Waals surface area contributed by atoms with E-state index < -0.39 is 15.6 Å². The van der Waals surface area contributed by atoms with Crippen LogP contribution in [-0.4, -0.2) is 45.1 Å². The summed E-state index contributed by atoms with van der Waals surface area (Å²) in [6.07, 6.45) is 19.0. The van der Waals surface area contributed by atoms with Crippen molar-refractivity contribution in [3.63, 3.8) is 0 Å². The Morgan fingerprint density at radius 3 is 1.83 bits per heavy atom. The lowest BCUT2D eigenvalue weighted by Crippen LogP contribution is -2.29. The number of phenolic OH excluding ortho intramolecular Hbond substituents is 1. The molecule has 5 heteroatoms. The van der Waals surface area contributed by atoms with Crippen LogP contribution < -0.4 is 10.0 Å². The van der Waals surface area contributed by atoms with E-state index in [9.17, 15) is 5.11 Å². The van der Waals surface area contributed by atoms with E-state index in [2.05, 4.69) is 46.9 Å². The summed E-state index contributed by atoms with van der Waals surface area (Å²) in [6, 6.07) is 7.22. The van der Waals surface area contributed by atoms with E-state index in [0.717, 1.165) is 25.4 Å². The van der Waals surface area contributed by atoms with Gasteiger partial charge in [0, 0.05) is 12.7 Å². The van der Waals surface area contributed by atoms with E-state index in [-0.39, 0.29) is 0 Å². The minimum Gasteiger partial charge on any atom is -0.508 e. The van der Waals surface area contributed by atoms with Crippen LogP contribution in [0.2, 0.25) is 19.1 Å². The molecule has 1 aromatic carbocycles. The molecule has 0 unspecified atom stereocenters. The lowest BCUT2D eigenvalue weighted by atomic mass is 10.1. The molecule has 204 valence electrons. The molecule has 0 aliphatic carbocycles. The molecule has 0 bridgehead atoms. The molecule has 3 nitrogen and oxygen atoms in total. The van der Waals surface area contributed by atoms with Gasteiger partial charge in [0.1, 0.15) is 11.1 Å². The van der Waals surface area contributed by atoms with E-state index in [4.69, 9.17) is 9.16 Å². The highest BCUT2D eigenvalue weighted by Crippen LogP contribution is 2.61. The van der Waals surface area contributed by atoms with Gasteiger partial charge in [0.15, 0.2) is 14.1 Å². The zero-order valence-corrected chi connectivity index (χ0v) is 26.1. The molecule has 0 radical (unpaired) electrons. The van der Waals surface area contributed by atoms with Crippen LogP contribution >= 0.6 is 7.26 Å². The molecule has 1 rings (SSSR count). The minimum atomic E-state index is -1.41. The Bertz CT molecular complexity index is 643. The Labute approximate surface area is 220 Å². The SMILES string of the molecule is CCCC[P+](CCCC)(CCCC)c1cc(O)ccc1OCCCCCCCC[Si](C)(C)OCC. The average molecular weight is 526 g/mol. The molecular formula is C30H58O3PSi+. The minimum absolute atomic E-state index is 0.400. The van der Waals surface area contributed by atoms with Crippen molar-refractivity contribution < 1.29 is 14.3 Å². The summed E-state index contributed by atoms with van der Waals surface area (Å²) >= 11 is 0. The van der Waals surface area contributed by atoms with E-state index in [1.165, 1.54) is 100 Å². The molecule has 1 N–H and O–H groups in total. The molecule has 0 aliphatic heterocycles. The van der Waals surface area contributed by atoms with Crippen molar-refractivity contribution in [3.8, 4) is 11.5 Å². The molecular weight excluding hydrogens is 467 g/mol. The largest absolute Gasteiger partial charge is 0.508 e. The molecule has 0 fully saturated rings. The molecule has 35 heavy (non-hydrogen) atoms. The van der Waals surface area contributed by atoms with Gasteiger partial charge in [-0.2, -0.15) is 0 Å². The van der Waals surface area contributed by atoms with Gasteiger partial charge in [0.25, 0.3) is 0 Å². The Balaban J connectivity index is 2.66. The third-order valence-electron chi connectivity index (χ3n) is 7.24. The van der Waals surface area contributed by atoms with Gasteiger partial charge in [-0.15, -0.1) is 0 Å². The fourth-order valence-corrected chi connectivity index (χ4v) is 12.3. The maximum atomic E-state index is 10.4. The van der Waals surface area contributed by atoms with Gasteiger partial charge in [-0.25, -0.2) is 0 Å². The smallest absolute Gasteiger partial charge is 0.186 e. The monoisotopic (exact) mass is 525 g/mol. The van der Waals surface area contributed by atoms with Crippen LogP contribution in [-0.2, 0) is 4.43 Å². The van der Waals surface area contributed by atoms with Crippen LogP contribution in [0.4, 0.5) is 0 Å². The van der Waals surface area contributed by atoms with Gasteiger partial charge >= 0.3 is 0 Å². The predicted molar refractivity (Wildman–Crippen MR) is 161 cm³/mol. The Hall–Kier alpha value is -0.573. The topological polar surface area (TPSA) is 38.7 Å². The van der Waals surface area contributed by atoms with Crippen molar-refractivity contribution in [2.45, 2.75) is 124 Å². The first-order valence-electron chi connectivity index (χ1n) is 14.8. The number of ether oxygens (including phenoxy) is 1. The van der Waals surface area contributed by atoms with Crippen LogP contribution in [0, 0.1) is 0 Å². The van der Waals surface area contributed by atoms with Gasteiger partial charge in [0.05, 0.1) is 32.4 Å². The van der Waals surface area contributed by atoms with E-state index in [1.54, 1.807) is 0 Å². The average Bonchev–Trinajstić information content (AvgIpc) is 2.83. The van der Waals surface area contributed by atoms with Crippen molar-refractivity contribution in [1.82, 2.24) is 0 Å². The number of benzene rings is 1. The second-order valence-corrected chi connectivity index (χ2v) is 19.4. The van der Waals surface area contributed by atoms with Gasteiger partial charge in [-0.3, -0.25) is 0 Å². The zero-order valence-electron chi connectivity index (χ0n) is 24.2. The highest BCUT2D eigenvalue weighted by atomic mass is 31.2. The maximum absolute atomic E-state index is 10.4. The fraction of sp³-hybridized carbons (Fsp3) is 0.800. The molecule has 0 amide bonds. The highest BCUT2D eigenvalue weighted by Gasteiger charge is 2.41. The van der Waals surface area contributed by atoms with Gasteiger partial charge in [0.2, 0.25) is 0 Å². The van der Waals surface area contributed by atoms with Crippen LogP contribution in [0.3, 0.4) is 0 Å². The number of hydrogen-bond donors (Lipinski definition) is 1. The van der Waals surface area contributed by atoms with Crippen molar-refractivity contribution >= 4 is 20.9 Å². The number of phenols is 1. The molecule has 0 aliphatic rings. The lowest BCUT2D eigenvalue weighted by Gasteiger charge is -2.29. The van der Waals surface area contributed by atoms with E-state index >= 15 is 0 Å². The first-order chi connectivity index (χ1) is 16.8. The molecule has 0 atom stereocenters. The van der Waals surface area contributed by atoms with Gasteiger partial charge in [-0.05, 0) is 63.9 Å².